The zero-order chi connectivity index (χ0) is 13.9. The molecule has 0 spiro atoms. The van der Waals surface area contributed by atoms with Crippen LogP contribution in [0.1, 0.15) is 17.7 Å². The Kier molecular flexibility index (Phi) is 4.65. The van der Waals surface area contributed by atoms with Crippen LogP contribution in [0, 0.1) is 10.1 Å². The van der Waals surface area contributed by atoms with E-state index in [0.29, 0.717) is 6.07 Å². The molecule has 9 heteroatoms. The average Bonchev–Trinajstić information content (AvgIpc) is 2.30. The van der Waals surface area contributed by atoms with Gasteiger partial charge in [0, 0.05) is 6.07 Å². The third-order valence-electron chi connectivity index (χ3n) is 2.04. The van der Waals surface area contributed by atoms with Crippen LogP contribution in [0.25, 0.3) is 0 Å². The summed E-state index contributed by atoms with van der Waals surface area (Å²) in [6, 6.07) is 0.647. The first-order valence-electron chi connectivity index (χ1n) is 4.55. The molecule has 1 heterocycles. The monoisotopic (exact) mass is 324 g/mol. The minimum atomic E-state index is -2.94. The van der Waals surface area contributed by atoms with Crippen molar-refractivity contribution in [1.82, 2.24) is 4.98 Å². The van der Waals surface area contributed by atoms with Gasteiger partial charge in [0.1, 0.15) is 10.3 Å². The summed E-state index contributed by atoms with van der Waals surface area (Å²) in [5.41, 5.74) is -1.43. The number of ether oxygens (including phenoxy) is 1. The topological polar surface area (TPSA) is 82.3 Å². The van der Waals surface area contributed by atoms with Gasteiger partial charge in [0.15, 0.2) is 0 Å². The number of carbonyl (C=O) groups is 1. The molecule has 18 heavy (non-hydrogen) atoms. The van der Waals surface area contributed by atoms with Crippen molar-refractivity contribution in [3.63, 3.8) is 0 Å². The van der Waals surface area contributed by atoms with Crippen molar-refractivity contribution in [3.05, 3.63) is 32.0 Å². The van der Waals surface area contributed by atoms with E-state index in [9.17, 15) is 23.7 Å². The summed E-state index contributed by atoms with van der Waals surface area (Å²) >= 11 is 2.84. The summed E-state index contributed by atoms with van der Waals surface area (Å²) in [5.74, 6) is -0.731. The third-order valence-corrected chi connectivity index (χ3v) is 2.70. The quantitative estimate of drug-likeness (QED) is 0.367. The summed E-state index contributed by atoms with van der Waals surface area (Å²) in [7, 11) is 1.11. The van der Waals surface area contributed by atoms with Gasteiger partial charge in [-0.2, -0.15) is 0 Å². The molecule has 0 unspecified atom stereocenters. The number of nitrogens with zero attached hydrogens (tertiary/aromatic N) is 2. The maximum atomic E-state index is 12.5. The van der Waals surface area contributed by atoms with Crippen molar-refractivity contribution in [2.45, 2.75) is 12.8 Å². The maximum absolute atomic E-state index is 12.5. The smallest absolute Gasteiger partial charge is 0.310 e. The summed E-state index contributed by atoms with van der Waals surface area (Å²) in [5, 5.41) is 10.8. The highest BCUT2D eigenvalue weighted by Crippen LogP contribution is 2.30. The molecule has 0 N–H and O–H groups in total. The largest absolute Gasteiger partial charge is 0.469 e. The van der Waals surface area contributed by atoms with E-state index in [-0.39, 0.29) is 10.2 Å². The lowest BCUT2D eigenvalue weighted by Gasteiger charge is -2.06. The Bertz CT molecular complexity index is 496. The second-order valence-corrected chi connectivity index (χ2v) is 3.90. The first-order chi connectivity index (χ1) is 8.36. The van der Waals surface area contributed by atoms with Crippen LogP contribution in [0.5, 0.6) is 0 Å². The number of alkyl halides is 2. The number of hydrogen-bond donors (Lipinski definition) is 0. The normalized spacial score (nSPS) is 10.5. The fourth-order valence-corrected chi connectivity index (χ4v) is 1.75. The molecule has 0 saturated carbocycles. The number of rotatable bonds is 4. The zero-order valence-electron chi connectivity index (χ0n) is 9.02. The van der Waals surface area contributed by atoms with Gasteiger partial charge in [-0.3, -0.25) is 14.9 Å². The molecule has 1 aromatic heterocycles. The van der Waals surface area contributed by atoms with Crippen LogP contribution in [0.2, 0.25) is 0 Å². The zero-order valence-corrected chi connectivity index (χ0v) is 10.6. The van der Waals surface area contributed by atoms with Crippen LogP contribution in [0.15, 0.2) is 10.7 Å². The van der Waals surface area contributed by atoms with Gasteiger partial charge in [0.05, 0.1) is 24.0 Å². The van der Waals surface area contributed by atoms with Gasteiger partial charge in [-0.05, 0) is 15.9 Å². The predicted octanol–water partition coefficient (Wildman–Crippen LogP) is 2.41. The fourth-order valence-electron chi connectivity index (χ4n) is 1.20. The first kappa shape index (κ1) is 14.4. The minimum Gasteiger partial charge on any atom is -0.469 e. The van der Waals surface area contributed by atoms with Crippen LogP contribution in [-0.2, 0) is 16.0 Å². The summed E-state index contributed by atoms with van der Waals surface area (Å²) in [6.07, 6.45) is -3.36. The standard InChI is InChI=1S/C9H7BrF2N2O4/c1-18-7(15)2-4-6(14(16)17)3-5(9(11)12)13-8(4)10/h3,9H,2H2,1H3. The van der Waals surface area contributed by atoms with Crippen molar-refractivity contribution in [3.8, 4) is 0 Å². The van der Waals surface area contributed by atoms with Crippen LogP contribution in [-0.4, -0.2) is 23.0 Å². The van der Waals surface area contributed by atoms with Crippen LogP contribution < -0.4 is 0 Å². The number of hydrogen-bond acceptors (Lipinski definition) is 5. The second-order valence-electron chi connectivity index (χ2n) is 3.15. The van der Waals surface area contributed by atoms with E-state index in [4.69, 9.17) is 0 Å². The van der Waals surface area contributed by atoms with Crippen molar-refractivity contribution < 1.29 is 23.2 Å². The number of aromatic nitrogens is 1. The third kappa shape index (κ3) is 3.19. The minimum absolute atomic E-state index is 0.101. The maximum Gasteiger partial charge on any atom is 0.310 e. The van der Waals surface area contributed by atoms with Gasteiger partial charge in [-0.15, -0.1) is 0 Å². The second kappa shape index (κ2) is 5.80. The number of nitro groups is 1. The van der Waals surface area contributed by atoms with E-state index in [2.05, 4.69) is 25.7 Å². The lowest BCUT2D eigenvalue weighted by atomic mass is 10.1. The van der Waals surface area contributed by atoms with Crippen LogP contribution >= 0.6 is 15.9 Å². The fraction of sp³-hybridized carbons (Fsp3) is 0.333. The van der Waals surface area contributed by atoms with Crippen molar-refractivity contribution in [2.75, 3.05) is 7.11 Å². The van der Waals surface area contributed by atoms with E-state index < -0.39 is 35.1 Å². The average molecular weight is 325 g/mol. The molecule has 0 bridgehead atoms. The molecule has 0 atom stereocenters. The Labute approximate surface area is 108 Å². The molecular formula is C9H7BrF2N2O4. The molecule has 0 radical (unpaired) electrons. The molecule has 0 amide bonds. The Hall–Kier alpha value is -1.64. The molecule has 0 aliphatic heterocycles. The molecule has 1 aromatic rings. The van der Waals surface area contributed by atoms with E-state index in [0.717, 1.165) is 7.11 Å². The van der Waals surface area contributed by atoms with Gasteiger partial charge < -0.3 is 4.74 Å². The number of methoxy groups -OCH3 is 1. The molecular weight excluding hydrogens is 318 g/mol. The number of pyridine rings is 1. The molecule has 0 aromatic carbocycles. The molecule has 0 aliphatic carbocycles. The Morgan fingerprint density at radius 1 is 1.67 bits per heavy atom. The molecule has 1 rings (SSSR count). The van der Waals surface area contributed by atoms with Gasteiger partial charge in [0.25, 0.3) is 12.1 Å². The first-order valence-corrected chi connectivity index (χ1v) is 5.34. The van der Waals surface area contributed by atoms with Gasteiger partial charge in [0.2, 0.25) is 0 Å². The van der Waals surface area contributed by atoms with Crippen molar-refractivity contribution in [1.29, 1.82) is 0 Å². The lowest BCUT2D eigenvalue weighted by molar-refractivity contribution is -0.385. The Morgan fingerprint density at radius 3 is 2.72 bits per heavy atom. The summed E-state index contributed by atoms with van der Waals surface area (Å²) < 4.78 is 29.1. The van der Waals surface area contributed by atoms with Crippen molar-refractivity contribution in [2.24, 2.45) is 0 Å². The highest BCUT2D eigenvalue weighted by molar-refractivity contribution is 9.10. The van der Waals surface area contributed by atoms with Gasteiger partial charge in [-0.1, -0.05) is 0 Å². The number of carbonyl (C=O) groups excluding carboxylic acids is 1. The summed E-state index contributed by atoms with van der Waals surface area (Å²) in [6.45, 7) is 0. The molecule has 6 nitrogen and oxygen atoms in total. The number of halogens is 3. The Morgan fingerprint density at radius 2 is 2.28 bits per heavy atom. The van der Waals surface area contributed by atoms with E-state index in [1.165, 1.54) is 0 Å². The van der Waals surface area contributed by atoms with Crippen LogP contribution in [0.4, 0.5) is 14.5 Å². The van der Waals surface area contributed by atoms with Crippen LogP contribution in [0.3, 0.4) is 0 Å². The Balaban J connectivity index is 3.31. The molecule has 0 saturated heterocycles. The molecule has 98 valence electrons. The van der Waals surface area contributed by atoms with E-state index in [1.54, 1.807) is 0 Å². The number of esters is 1. The highest BCUT2D eigenvalue weighted by atomic mass is 79.9. The SMILES string of the molecule is COC(=O)Cc1c([N+](=O)[O-])cc(C(F)F)nc1Br. The van der Waals surface area contributed by atoms with Gasteiger partial charge in [-0.25, -0.2) is 13.8 Å². The molecule has 0 fully saturated rings. The summed E-state index contributed by atoms with van der Waals surface area (Å²) in [4.78, 5) is 24.5. The van der Waals surface area contributed by atoms with Crippen molar-refractivity contribution >= 4 is 27.6 Å². The molecule has 0 aliphatic rings. The van der Waals surface area contributed by atoms with E-state index in [1.807, 2.05) is 0 Å². The lowest BCUT2D eigenvalue weighted by Crippen LogP contribution is -2.09. The van der Waals surface area contributed by atoms with Gasteiger partial charge >= 0.3 is 5.97 Å². The highest BCUT2D eigenvalue weighted by Gasteiger charge is 2.25. The predicted molar refractivity (Wildman–Crippen MR) is 59.3 cm³/mol. The van der Waals surface area contributed by atoms with E-state index >= 15 is 0 Å².